The largest absolute Gasteiger partial charge is 0.490 e. The SMILES string of the molecule is O=C(c1cccc(Cl)n1)N1CCOc2ccccc21. The molecule has 0 N–H and O–H groups in total. The molecule has 3 rings (SSSR count). The number of anilines is 1. The molecule has 2 aromatic rings. The Labute approximate surface area is 115 Å². The van der Waals surface area contributed by atoms with Crippen molar-refractivity contribution in [3.05, 3.63) is 53.3 Å². The lowest BCUT2D eigenvalue weighted by Gasteiger charge is -2.29. The smallest absolute Gasteiger partial charge is 0.277 e. The van der Waals surface area contributed by atoms with Crippen molar-refractivity contribution in [3.63, 3.8) is 0 Å². The highest BCUT2D eigenvalue weighted by Crippen LogP contribution is 2.31. The lowest BCUT2D eigenvalue weighted by molar-refractivity contribution is 0.0972. The Balaban J connectivity index is 1.98. The third kappa shape index (κ3) is 2.27. The average Bonchev–Trinajstić information content (AvgIpc) is 2.46. The molecule has 1 amide bonds. The van der Waals surface area contributed by atoms with Gasteiger partial charge in [0.1, 0.15) is 23.2 Å². The fraction of sp³-hybridized carbons (Fsp3) is 0.143. The van der Waals surface area contributed by atoms with Crippen LogP contribution in [0.5, 0.6) is 5.75 Å². The van der Waals surface area contributed by atoms with Crippen molar-refractivity contribution >= 4 is 23.2 Å². The molecule has 1 aliphatic heterocycles. The standard InChI is InChI=1S/C14H11ClN2O2/c15-13-7-3-4-10(16-13)14(18)17-8-9-19-12-6-2-1-5-11(12)17/h1-7H,8-9H2. The highest BCUT2D eigenvalue weighted by atomic mass is 35.5. The molecule has 96 valence electrons. The molecule has 0 aliphatic carbocycles. The highest BCUT2D eigenvalue weighted by Gasteiger charge is 2.25. The minimum absolute atomic E-state index is 0.168. The van der Waals surface area contributed by atoms with E-state index in [1.807, 2.05) is 24.3 Å². The Morgan fingerprint density at radius 2 is 2.05 bits per heavy atom. The van der Waals surface area contributed by atoms with Crippen molar-refractivity contribution in [3.8, 4) is 5.75 Å². The molecule has 0 bridgehead atoms. The van der Waals surface area contributed by atoms with Crippen LogP contribution in [-0.4, -0.2) is 24.0 Å². The van der Waals surface area contributed by atoms with E-state index in [1.54, 1.807) is 23.1 Å². The van der Waals surface area contributed by atoms with E-state index in [2.05, 4.69) is 4.98 Å². The van der Waals surface area contributed by atoms with Gasteiger partial charge >= 0.3 is 0 Å². The number of carbonyl (C=O) groups excluding carboxylic acids is 1. The van der Waals surface area contributed by atoms with E-state index < -0.39 is 0 Å². The van der Waals surface area contributed by atoms with Gasteiger partial charge in [-0.3, -0.25) is 4.79 Å². The highest BCUT2D eigenvalue weighted by molar-refractivity contribution is 6.29. The summed E-state index contributed by atoms with van der Waals surface area (Å²) in [5.74, 6) is 0.544. The normalized spacial score (nSPS) is 13.6. The van der Waals surface area contributed by atoms with E-state index in [0.717, 1.165) is 5.69 Å². The van der Waals surface area contributed by atoms with Crippen molar-refractivity contribution in [1.29, 1.82) is 0 Å². The van der Waals surface area contributed by atoms with Gasteiger partial charge in [0.15, 0.2) is 0 Å². The maximum Gasteiger partial charge on any atom is 0.277 e. The van der Waals surface area contributed by atoms with Crippen LogP contribution in [0.25, 0.3) is 0 Å². The van der Waals surface area contributed by atoms with Crippen molar-refractivity contribution in [2.24, 2.45) is 0 Å². The van der Waals surface area contributed by atoms with Crippen LogP contribution in [-0.2, 0) is 0 Å². The lowest BCUT2D eigenvalue weighted by atomic mass is 10.2. The molecule has 0 atom stereocenters. The number of nitrogens with zero attached hydrogens (tertiary/aromatic N) is 2. The number of fused-ring (bicyclic) bond motifs is 1. The third-order valence-electron chi connectivity index (χ3n) is 2.91. The molecule has 0 unspecified atom stereocenters. The summed E-state index contributed by atoms with van der Waals surface area (Å²) in [6.45, 7) is 0.980. The van der Waals surface area contributed by atoms with Gasteiger partial charge < -0.3 is 9.64 Å². The number of pyridine rings is 1. The Morgan fingerprint density at radius 1 is 1.21 bits per heavy atom. The zero-order valence-corrected chi connectivity index (χ0v) is 10.8. The van der Waals surface area contributed by atoms with Gasteiger partial charge in [-0.25, -0.2) is 4.98 Å². The molecule has 2 heterocycles. The molecule has 4 nitrogen and oxygen atoms in total. The number of benzene rings is 1. The van der Waals surface area contributed by atoms with Gasteiger partial charge in [-0.05, 0) is 24.3 Å². The third-order valence-corrected chi connectivity index (χ3v) is 3.12. The van der Waals surface area contributed by atoms with Crippen LogP contribution in [0.1, 0.15) is 10.5 Å². The van der Waals surface area contributed by atoms with E-state index in [9.17, 15) is 4.79 Å². The Hall–Kier alpha value is -2.07. The van der Waals surface area contributed by atoms with Gasteiger partial charge in [0.25, 0.3) is 5.91 Å². The van der Waals surface area contributed by atoms with Crippen molar-refractivity contribution in [1.82, 2.24) is 4.98 Å². The summed E-state index contributed by atoms with van der Waals surface area (Å²) in [5.41, 5.74) is 1.10. The maximum absolute atomic E-state index is 12.5. The van der Waals surface area contributed by atoms with Gasteiger partial charge in [0, 0.05) is 0 Å². The molecule has 5 heteroatoms. The van der Waals surface area contributed by atoms with Crippen LogP contribution in [0.15, 0.2) is 42.5 Å². The van der Waals surface area contributed by atoms with Crippen LogP contribution >= 0.6 is 11.6 Å². The number of hydrogen-bond donors (Lipinski definition) is 0. The molecule has 0 spiro atoms. The van der Waals surface area contributed by atoms with Crippen LogP contribution < -0.4 is 9.64 Å². The molecular weight excluding hydrogens is 264 g/mol. The first kappa shape index (κ1) is 12.0. The van der Waals surface area contributed by atoms with E-state index in [-0.39, 0.29) is 5.91 Å². The zero-order chi connectivity index (χ0) is 13.2. The number of ether oxygens (including phenoxy) is 1. The Morgan fingerprint density at radius 3 is 2.89 bits per heavy atom. The van der Waals surface area contributed by atoms with Crippen molar-refractivity contribution < 1.29 is 9.53 Å². The number of carbonyl (C=O) groups is 1. The molecule has 0 saturated carbocycles. The van der Waals surface area contributed by atoms with Gasteiger partial charge in [0.2, 0.25) is 0 Å². The quantitative estimate of drug-likeness (QED) is 0.751. The molecule has 1 aromatic carbocycles. The Bertz CT molecular complexity index is 630. The van der Waals surface area contributed by atoms with Gasteiger partial charge in [-0.1, -0.05) is 29.8 Å². The molecule has 0 saturated heterocycles. The minimum Gasteiger partial charge on any atom is -0.490 e. The predicted molar refractivity (Wildman–Crippen MR) is 72.9 cm³/mol. The first-order valence-corrected chi connectivity index (χ1v) is 6.30. The van der Waals surface area contributed by atoms with Crippen LogP contribution in [0, 0.1) is 0 Å². The lowest BCUT2D eigenvalue weighted by Crippen LogP contribution is -2.38. The van der Waals surface area contributed by atoms with Crippen LogP contribution in [0.2, 0.25) is 5.15 Å². The summed E-state index contributed by atoms with van der Waals surface area (Å²) >= 11 is 5.82. The second kappa shape index (κ2) is 4.90. The minimum atomic E-state index is -0.168. The summed E-state index contributed by atoms with van der Waals surface area (Å²) < 4.78 is 5.52. The average molecular weight is 275 g/mol. The van der Waals surface area contributed by atoms with Crippen molar-refractivity contribution in [2.45, 2.75) is 0 Å². The van der Waals surface area contributed by atoms with E-state index in [0.29, 0.717) is 29.7 Å². The summed E-state index contributed by atoms with van der Waals surface area (Å²) in [6, 6.07) is 12.5. The molecule has 1 aromatic heterocycles. The molecule has 1 aliphatic rings. The summed E-state index contributed by atoms with van der Waals surface area (Å²) in [7, 11) is 0. The van der Waals surface area contributed by atoms with E-state index >= 15 is 0 Å². The molecular formula is C14H11ClN2O2. The maximum atomic E-state index is 12.5. The monoisotopic (exact) mass is 274 g/mol. The number of aromatic nitrogens is 1. The van der Waals surface area contributed by atoms with Gasteiger partial charge in [-0.2, -0.15) is 0 Å². The fourth-order valence-corrected chi connectivity index (χ4v) is 2.21. The molecule has 0 fully saturated rings. The van der Waals surface area contributed by atoms with E-state index in [1.165, 1.54) is 0 Å². The second-order valence-corrected chi connectivity index (χ2v) is 4.51. The van der Waals surface area contributed by atoms with Gasteiger partial charge in [0.05, 0.1) is 12.2 Å². The number of rotatable bonds is 1. The Kier molecular flexibility index (Phi) is 3.09. The topological polar surface area (TPSA) is 42.4 Å². The van der Waals surface area contributed by atoms with Crippen LogP contribution in [0.3, 0.4) is 0 Å². The predicted octanol–water partition coefficient (Wildman–Crippen LogP) is 2.77. The number of para-hydroxylation sites is 2. The zero-order valence-electron chi connectivity index (χ0n) is 10.0. The van der Waals surface area contributed by atoms with E-state index in [4.69, 9.17) is 16.3 Å². The first-order chi connectivity index (χ1) is 9.25. The fourth-order valence-electron chi connectivity index (χ4n) is 2.05. The van der Waals surface area contributed by atoms with Crippen LogP contribution in [0.4, 0.5) is 5.69 Å². The number of amides is 1. The van der Waals surface area contributed by atoms with Crippen molar-refractivity contribution in [2.75, 3.05) is 18.1 Å². The summed E-state index contributed by atoms with van der Waals surface area (Å²) in [6.07, 6.45) is 0. The molecule has 19 heavy (non-hydrogen) atoms. The molecule has 0 radical (unpaired) electrons. The first-order valence-electron chi connectivity index (χ1n) is 5.92. The number of hydrogen-bond acceptors (Lipinski definition) is 3. The summed E-state index contributed by atoms with van der Waals surface area (Å²) in [4.78, 5) is 18.2. The second-order valence-electron chi connectivity index (χ2n) is 4.12. The van der Waals surface area contributed by atoms with Gasteiger partial charge in [-0.15, -0.1) is 0 Å². The summed E-state index contributed by atoms with van der Waals surface area (Å²) in [5, 5.41) is 0.312. The number of halogens is 1.